The number of carbonyl (C=O) groups is 2. The largest absolute Gasteiger partial charge is 0.457 e. The van der Waals surface area contributed by atoms with E-state index in [0.29, 0.717) is 5.82 Å². The lowest BCUT2D eigenvalue weighted by molar-refractivity contribution is -0.114. The molecule has 1 aliphatic rings. The quantitative estimate of drug-likeness (QED) is 0.156. The third-order valence-electron chi connectivity index (χ3n) is 7.45. The van der Waals surface area contributed by atoms with Crippen molar-refractivity contribution in [3.8, 4) is 11.5 Å². The molecule has 0 radical (unpaired) electrons. The molecule has 0 saturated heterocycles. The number of benzene rings is 3. The molecule has 0 unspecified atom stereocenters. The topological polar surface area (TPSA) is 105 Å². The lowest BCUT2D eigenvalue weighted by Crippen LogP contribution is -2.26. The molecule has 2 N–H and O–H groups in total. The second-order valence-electron chi connectivity index (χ2n) is 11.2. The summed E-state index contributed by atoms with van der Waals surface area (Å²) in [7, 11) is 5.88. The van der Waals surface area contributed by atoms with Gasteiger partial charge in [-0.05, 0) is 101 Å². The van der Waals surface area contributed by atoms with E-state index in [1.165, 1.54) is 31.7 Å². The number of hydrogen-bond donors (Lipinski definition) is 1. The van der Waals surface area contributed by atoms with E-state index in [4.69, 9.17) is 15.3 Å². The Labute approximate surface area is 273 Å². The van der Waals surface area contributed by atoms with Gasteiger partial charge in [0.1, 0.15) is 29.8 Å². The predicted octanol–water partition coefficient (Wildman–Crippen LogP) is 7.05. The minimum Gasteiger partial charge on any atom is -0.457 e. The molecule has 0 spiro atoms. The summed E-state index contributed by atoms with van der Waals surface area (Å²) in [5.41, 5.74) is 11.9. The highest BCUT2D eigenvalue weighted by Crippen LogP contribution is 2.31. The molecular weight excluding hydrogens is 576 g/mol. The van der Waals surface area contributed by atoms with Gasteiger partial charge in [0.15, 0.2) is 5.82 Å². The number of anilines is 4. The van der Waals surface area contributed by atoms with Crippen molar-refractivity contribution in [2.24, 2.45) is 0 Å². The molecule has 1 heterocycles. The van der Waals surface area contributed by atoms with Gasteiger partial charge in [0.25, 0.3) is 0 Å². The zero-order valence-corrected chi connectivity index (χ0v) is 28.0. The van der Waals surface area contributed by atoms with Crippen LogP contribution in [0, 0.1) is 20.8 Å². The Morgan fingerprint density at radius 3 is 2.17 bits per heavy atom. The highest BCUT2D eigenvalue weighted by atomic mass is 16.5. The van der Waals surface area contributed by atoms with Crippen LogP contribution >= 0.6 is 0 Å². The van der Waals surface area contributed by atoms with E-state index >= 15 is 0 Å². The van der Waals surface area contributed by atoms with Gasteiger partial charge in [-0.25, -0.2) is 9.97 Å². The molecule has 242 valence electrons. The minimum atomic E-state index is 0.0305. The molecule has 0 bridgehead atoms. The van der Waals surface area contributed by atoms with Gasteiger partial charge in [-0.2, -0.15) is 0 Å². The number of nitrogens with zero attached hydrogens (tertiary/aromatic N) is 5. The zero-order chi connectivity index (χ0) is 33.6. The Hall–Kier alpha value is -5.02. The number of ether oxygens (including phenoxy) is 1. The molecule has 0 atom stereocenters. The van der Waals surface area contributed by atoms with Gasteiger partial charge in [-0.3, -0.25) is 9.69 Å². The number of nitrogens with two attached hydrogens (primary N) is 1. The number of rotatable bonds is 9. The van der Waals surface area contributed by atoms with Crippen LogP contribution in [0.25, 0.3) is 0 Å². The molecule has 3 aromatic carbocycles. The second-order valence-corrected chi connectivity index (χ2v) is 11.2. The Balaban J connectivity index is 0.000000233. The van der Waals surface area contributed by atoms with E-state index in [2.05, 4.69) is 40.1 Å². The van der Waals surface area contributed by atoms with E-state index < -0.39 is 0 Å². The van der Waals surface area contributed by atoms with Crippen molar-refractivity contribution < 1.29 is 14.3 Å². The van der Waals surface area contributed by atoms with Crippen molar-refractivity contribution >= 4 is 35.1 Å². The number of para-hydroxylation sites is 1. The average molecular weight is 623 g/mol. The van der Waals surface area contributed by atoms with Crippen molar-refractivity contribution in [2.75, 3.05) is 43.2 Å². The van der Waals surface area contributed by atoms with Gasteiger partial charge in [-0.1, -0.05) is 36.4 Å². The molecule has 1 saturated carbocycles. The molecule has 1 amide bonds. The summed E-state index contributed by atoms with van der Waals surface area (Å²) >= 11 is 0. The Kier molecular flexibility index (Phi) is 13.5. The van der Waals surface area contributed by atoms with E-state index in [-0.39, 0.29) is 5.91 Å². The summed E-state index contributed by atoms with van der Waals surface area (Å²) in [6, 6.07) is 24.4. The maximum absolute atomic E-state index is 12.2. The van der Waals surface area contributed by atoms with E-state index in [1.54, 1.807) is 11.0 Å². The first-order valence-corrected chi connectivity index (χ1v) is 15.3. The number of likely N-dealkylation sites (N-methyl/N-ethyl adjacent to an activating group) is 2. The SMILES string of the molecule is CC=O.Cc1ccc(C)c(N(C)C(=O)/C=C/CN(C)C2CC2)c1.Cc1ncnc(N)c1N(C)c1ccc(Oc2ccccc2)cc1. The Bertz CT molecular complexity index is 1570. The Morgan fingerprint density at radius 1 is 0.935 bits per heavy atom. The molecule has 1 fully saturated rings. The first-order valence-electron chi connectivity index (χ1n) is 15.3. The fourth-order valence-electron chi connectivity index (χ4n) is 4.69. The van der Waals surface area contributed by atoms with Crippen LogP contribution in [0.3, 0.4) is 0 Å². The van der Waals surface area contributed by atoms with Crippen LogP contribution in [0.2, 0.25) is 0 Å². The number of amides is 1. The molecule has 1 aliphatic carbocycles. The number of aldehydes is 1. The summed E-state index contributed by atoms with van der Waals surface area (Å²) < 4.78 is 5.80. The van der Waals surface area contributed by atoms with Crippen molar-refractivity contribution in [3.05, 3.63) is 108 Å². The monoisotopic (exact) mass is 622 g/mol. The van der Waals surface area contributed by atoms with Crippen molar-refractivity contribution in [3.63, 3.8) is 0 Å². The summed E-state index contributed by atoms with van der Waals surface area (Å²) in [5.74, 6) is 2.08. The third-order valence-corrected chi connectivity index (χ3v) is 7.45. The van der Waals surface area contributed by atoms with Crippen LogP contribution in [0.15, 0.2) is 91.3 Å². The number of hydrogen-bond acceptors (Lipinski definition) is 8. The number of aromatic nitrogens is 2. The lowest BCUT2D eigenvalue weighted by Gasteiger charge is -2.22. The molecule has 4 aromatic rings. The normalized spacial score (nSPS) is 12.0. The molecular formula is C37H46N6O3. The van der Waals surface area contributed by atoms with Gasteiger partial charge in [0, 0.05) is 44.1 Å². The zero-order valence-electron chi connectivity index (χ0n) is 28.0. The number of aryl methyl sites for hydroxylation is 3. The van der Waals surface area contributed by atoms with Gasteiger partial charge in [-0.15, -0.1) is 0 Å². The molecule has 0 aliphatic heterocycles. The van der Waals surface area contributed by atoms with Crippen LogP contribution in [0.1, 0.15) is 36.6 Å². The first-order chi connectivity index (χ1) is 22.0. The van der Waals surface area contributed by atoms with Crippen LogP contribution in [-0.2, 0) is 9.59 Å². The predicted molar refractivity (Wildman–Crippen MR) is 188 cm³/mol. The number of carbonyl (C=O) groups excluding carboxylic acids is 2. The lowest BCUT2D eigenvalue weighted by atomic mass is 10.1. The summed E-state index contributed by atoms with van der Waals surface area (Å²) in [6.45, 7) is 8.28. The van der Waals surface area contributed by atoms with Gasteiger partial charge < -0.3 is 25.1 Å². The molecule has 9 heteroatoms. The minimum absolute atomic E-state index is 0.0305. The van der Waals surface area contributed by atoms with Gasteiger partial charge in [0.2, 0.25) is 5.91 Å². The maximum Gasteiger partial charge on any atom is 0.250 e. The maximum atomic E-state index is 12.2. The van der Waals surface area contributed by atoms with Crippen LogP contribution < -0.4 is 20.3 Å². The third kappa shape index (κ3) is 10.6. The standard InChI is InChI=1S/C18H18N4O.C17H24N2O.C2H4O/c1-13-17(18(19)21-12-20-13)22(2)14-8-10-16(11-9-14)23-15-6-4-3-5-7-15;1-13-7-8-14(2)16(12-13)19(4)17(20)6-5-11-18(3)15-9-10-15;1-2-3/h3-12H,1-2H3,(H2,19,20,21);5-8,12,15H,9-11H2,1-4H3;2H,1H3/b;6-5+;. The highest BCUT2D eigenvalue weighted by Gasteiger charge is 2.25. The van der Waals surface area contributed by atoms with E-state index in [1.807, 2.05) is 100 Å². The summed E-state index contributed by atoms with van der Waals surface area (Å²) in [6.07, 6.45) is 8.45. The van der Waals surface area contributed by atoms with Crippen LogP contribution in [0.5, 0.6) is 11.5 Å². The van der Waals surface area contributed by atoms with E-state index in [0.717, 1.165) is 58.7 Å². The van der Waals surface area contributed by atoms with Crippen molar-refractivity contribution in [2.45, 2.75) is 46.6 Å². The summed E-state index contributed by atoms with van der Waals surface area (Å²) in [4.78, 5) is 35.2. The fraction of sp³-hybridized carbons (Fsp3) is 0.297. The Morgan fingerprint density at radius 2 is 1.57 bits per heavy atom. The van der Waals surface area contributed by atoms with Crippen molar-refractivity contribution in [1.29, 1.82) is 0 Å². The van der Waals surface area contributed by atoms with Crippen molar-refractivity contribution in [1.82, 2.24) is 14.9 Å². The van der Waals surface area contributed by atoms with E-state index in [9.17, 15) is 4.79 Å². The molecule has 1 aromatic heterocycles. The highest BCUT2D eigenvalue weighted by molar-refractivity contribution is 6.01. The molecule has 9 nitrogen and oxygen atoms in total. The van der Waals surface area contributed by atoms with Gasteiger partial charge in [0.05, 0.1) is 5.69 Å². The smallest absolute Gasteiger partial charge is 0.250 e. The number of nitrogen functional groups attached to an aromatic ring is 1. The first kappa shape index (κ1) is 35.5. The van der Waals surface area contributed by atoms with Gasteiger partial charge >= 0.3 is 0 Å². The van der Waals surface area contributed by atoms with Crippen LogP contribution in [-0.4, -0.2) is 60.8 Å². The van der Waals surface area contributed by atoms with Crippen LogP contribution in [0.4, 0.5) is 22.9 Å². The molecule has 46 heavy (non-hydrogen) atoms. The fourth-order valence-corrected chi connectivity index (χ4v) is 4.69. The average Bonchev–Trinajstić information content (AvgIpc) is 3.89. The molecule has 5 rings (SSSR count). The second kappa shape index (κ2) is 17.5. The summed E-state index contributed by atoms with van der Waals surface area (Å²) in [5, 5.41) is 0.